The van der Waals surface area contributed by atoms with Crippen molar-refractivity contribution in [3.8, 4) is 5.75 Å². The van der Waals surface area contributed by atoms with Crippen molar-refractivity contribution in [3.63, 3.8) is 0 Å². The van der Waals surface area contributed by atoms with Crippen LogP contribution in [-0.2, 0) is 0 Å². The van der Waals surface area contributed by atoms with Gasteiger partial charge in [-0.05, 0) is 24.3 Å². The molecule has 14 heavy (non-hydrogen) atoms. The second-order valence-electron chi connectivity index (χ2n) is 2.64. The van der Waals surface area contributed by atoms with E-state index in [0.717, 1.165) is 21.7 Å². The predicted molar refractivity (Wildman–Crippen MR) is 64.0 cm³/mol. The maximum absolute atomic E-state index is 8.55. The van der Waals surface area contributed by atoms with Gasteiger partial charge in [0.1, 0.15) is 5.75 Å². The van der Waals surface area contributed by atoms with E-state index in [0.29, 0.717) is 6.61 Å². The Labute approximate surface area is 96.8 Å². The van der Waals surface area contributed by atoms with E-state index in [1.54, 1.807) is 11.8 Å². The molecular weight excluding hydrogens is 264 g/mol. The van der Waals surface area contributed by atoms with Crippen LogP contribution < -0.4 is 4.74 Å². The summed E-state index contributed by atoms with van der Waals surface area (Å²) in [7, 11) is 0. The van der Waals surface area contributed by atoms with Crippen molar-refractivity contribution >= 4 is 27.7 Å². The first-order valence-corrected chi connectivity index (χ1v) is 6.34. The molecule has 1 N–H and O–H groups in total. The molecule has 0 saturated carbocycles. The van der Waals surface area contributed by atoms with Crippen molar-refractivity contribution < 1.29 is 9.84 Å². The van der Waals surface area contributed by atoms with E-state index in [2.05, 4.69) is 15.9 Å². The van der Waals surface area contributed by atoms with Crippen molar-refractivity contribution in [3.05, 3.63) is 28.7 Å². The van der Waals surface area contributed by atoms with Gasteiger partial charge in [-0.15, -0.1) is 0 Å². The summed E-state index contributed by atoms with van der Waals surface area (Å²) in [6.07, 6.45) is 0. The molecule has 0 radical (unpaired) electrons. The Morgan fingerprint density at radius 2 is 1.93 bits per heavy atom. The second kappa shape index (κ2) is 7.15. The molecule has 2 nitrogen and oxygen atoms in total. The van der Waals surface area contributed by atoms with Crippen LogP contribution in [0.1, 0.15) is 0 Å². The number of benzene rings is 1. The summed E-state index contributed by atoms with van der Waals surface area (Å²) in [5.41, 5.74) is 0. The Hall–Kier alpha value is -0.190. The van der Waals surface area contributed by atoms with E-state index in [-0.39, 0.29) is 6.61 Å². The van der Waals surface area contributed by atoms with Crippen LogP contribution in [0.3, 0.4) is 0 Å². The molecule has 0 fully saturated rings. The molecule has 0 spiro atoms. The van der Waals surface area contributed by atoms with Crippen molar-refractivity contribution in [2.75, 3.05) is 24.7 Å². The normalized spacial score (nSPS) is 10.1. The molecule has 0 heterocycles. The Balaban J connectivity index is 2.15. The predicted octanol–water partition coefficient (Wildman–Crippen LogP) is 2.55. The Morgan fingerprint density at radius 1 is 1.21 bits per heavy atom. The number of hydrogen-bond donors (Lipinski definition) is 1. The first-order chi connectivity index (χ1) is 6.83. The monoisotopic (exact) mass is 276 g/mol. The van der Waals surface area contributed by atoms with Gasteiger partial charge in [-0.1, -0.05) is 15.9 Å². The first-order valence-electron chi connectivity index (χ1n) is 4.40. The molecule has 4 heteroatoms. The summed E-state index contributed by atoms with van der Waals surface area (Å²) in [6, 6.07) is 7.77. The van der Waals surface area contributed by atoms with Crippen molar-refractivity contribution in [2.24, 2.45) is 0 Å². The molecule has 0 aromatic heterocycles. The minimum Gasteiger partial charge on any atom is -0.493 e. The van der Waals surface area contributed by atoms with Crippen molar-refractivity contribution in [2.45, 2.75) is 0 Å². The maximum atomic E-state index is 8.55. The van der Waals surface area contributed by atoms with Gasteiger partial charge in [0.25, 0.3) is 0 Å². The smallest absolute Gasteiger partial charge is 0.119 e. The van der Waals surface area contributed by atoms with Crippen LogP contribution in [0.5, 0.6) is 5.75 Å². The van der Waals surface area contributed by atoms with Crippen molar-refractivity contribution in [1.82, 2.24) is 0 Å². The van der Waals surface area contributed by atoms with Gasteiger partial charge in [0.2, 0.25) is 0 Å². The Kier molecular flexibility index (Phi) is 6.07. The lowest BCUT2D eigenvalue weighted by atomic mass is 10.3. The van der Waals surface area contributed by atoms with Gasteiger partial charge in [0.15, 0.2) is 0 Å². The molecule has 0 aliphatic rings. The molecule has 1 aromatic carbocycles. The zero-order valence-corrected chi connectivity index (χ0v) is 10.2. The lowest BCUT2D eigenvalue weighted by Crippen LogP contribution is -2.01. The molecular formula is C10H13BrO2S. The van der Waals surface area contributed by atoms with Gasteiger partial charge in [-0.2, -0.15) is 11.8 Å². The minimum absolute atomic E-state index is 0.239. The molecule has 0 unspecified atom stereocenters. The molecule has 0 atom stereocenters. The van der Waals surface area contributed by atoms with Crippen LogP contribution in [0.4, 0.5) is 0 Å². The molecule has 0 aliphatic heterocycles. The zero-order chi connectivity index (χ0) is 10.2. The number of aliphatic hydroxyl groups is 1. The lowest BCUT2D eigenvalue weighted by molar-refractivity contribution is 0.321. The quantitative estimate of drug-likeness (QED) is 0.810. The molecule has 0 saturated heterocycles. The summed E-state index contributed by atoms with van der Waals surface area (Å²) < 4.78 is 6.54. The Bertz CT molecular complexity index is 251. The average Bonchev–Trinajstić information content (AvgIpc) is 2.21. The van der Waals surface area contributed by atoms with Crippen molar-refractivity contribution in [1.29, 1.82) is 0 Å². The minimum atomic E-state index is 0.239. The van der Waals surface area contributed by atoms with Gasteiger partial charge in [-0.3, -0.25) is 0 Å². The third-order valence-corrected chi connectivity index (χ3v) is 3.00. The largest absolute Gasteiger partial charge is 0.493 e. The van der Waals surface area contributed by atoms with E-state index >= 15 is 0 Å². The topological polar surface area (TPSA) is 29.5 Å². The summed E-state index contributed by atoms with van der Waals surface area (Å²) in [6.45, 7) is 0.926. The fourth-order valence-electron chi connectivity index (χ4n) is 0.916. The summed E-state index contributed by atoms with van der Waals surface area (Å²) in [5, 5.41) is 8.55. The molecule has 0 amide bonds. The van der Waals surface area contributed by atoms with Crippen LogP contribution in [-0.4, -0.2) is 29.8 Å². The first kappa shape index (κ1) is 11.9. The highest BCUT2D eigenvalue weighted by atomic mass is 79.9. The summed E-state index contributed by atoms with van der Waals surface area (Å²) >= 11 is 5.05. The van der Waals surface area contributed by atoms with Gasteiger partial charge >= 0.3 is 0 Å². The second-order valence-corrected chi connectivity index (χ2v) is 4.78. The third kappa shape index (κ3) is 4.88. The fraction of sp³-hybridized carbons (Fsp3) is 0.400. The van der Waals surface area contributed by atoms with Gasteiger partial charge < -0.3 is 9.84 Å². The number of hydrogen-bond acceptors (Lipinski definition) is 3. The van der Waals surface area contributed by atoms with Crippen LogP contribution >= 0.6 is 27.7 Å². The fourth-order valence-corrected chi connectivity index (χ4v) is 1.71. The molecule has 0 bridgehead atoms. The highest BCUT2D eigenvalue weighted by Gasteiger charge is 1.93. The number of halogens is 1. The van der Waals surface area contributed by atoms with Crippen LogP contribution in [0, 0.1) is 0 Å². The average molecular weight is 277 g/mol. The summed E-state index contributed by atoms with van der Waals surface area (Å²) in [4.78, 5) is 0. The van der Waals surface area contributed by atoms with Crippen LogP contribution in [0.2, 0.25) is 0 Å². The van der Waals surface area contributed by atoms with Gasteiger partial charge in [-0.25, -0.2) is 0 Å². The molecule has 0 aliphatic carbocycles. The van der Waals surface area contributed by atoms with E-state index in [4.69, 9.17) is 9.84 Å². The van der Waals surface area contributed by atoms with E-state index in [9.17, 15) is 0 Å². The van der Waals surface area contributed by atoms with Gasteiger partial charge in [0.05, 0.1) is 13.2 Å². The number of aliphatic hydroxyl groups excluding tert-OH is 1. The third-order valence-electron chi connectivity index (χ3n) is 1.55. The van der Waals surface area contributed by atoms with E-state index in [1.165, 1.54) is 0 Å². The molecule has 1 aromatic rings. The zero-order valence-electron chi connectivity index (χ0n) is 7.78. The number of rotatable bonds is 6. The van der Waals surface area contributed by atoms with Crippen LogP contribution in [0.15, 0.2) is 28.7 Å². The number of thioether (sulfide) groups is 1. The number of ether oxygens (including phenoxy) is 1. The van der Waals surface area contributed by atoms with E-state index in [1.807, 2.05) is 24.3 Å². The molecule has 78 valence electrons. The highest BCUT2D eigenvalue weighted by Crippen LogP contribution is 2.16. The Morgan fingerprint density at radius 3 is 2.57 bits per heavy atom. The SMILES string of the molecule is OCCSCCOc1ccc(Br)cc1. The van der Waals surface area contributed by atoms with E-state index < -0.39 is 0 Å². The highest BCUT2D eigenvalue weighted by molar-refractivity contribution is 9.10. The summed E-state index contributed by atoms with van der Waals surface area (Å²) in [5.74, 6) is 2.58. The van der Waals surface area contributed by atoms with Crippen LogP contribution in [0.25, 0.3) is 0 Å². The standard InChI is InChI=1S/C10H13BrO2S/c11-9-1-3-10(4-2-9)13-6-8-14-7-5-12/h1-4,12H,5-8H2. The lowest BCUT2D eigenvalue weighted by Gasteiger charge is -2.05. The maximum Gasteiger partial charge on any atom is 0.119 e. The molecule has 1 rings (SSSR count). The van der Waals surface area contributed by atoms with Gasteiger partial charge in [0, 0.05) is 16.0 Å².